The molecule has 0 radical (unpaired) electrons. The van der Waals surface area contributed by atoms with Crippen LogP contribution < -0.4 is 9.47 Å². The average molecular weight is 537 g/mol. The summed E-state index contributed by atoms with van der Waals surface area (Å²) < 4.78 is 12.0. The normalized spacial score (nSPS) is 11.0. The van der Waals surface area contributed by atoms with Crippen molar-refractivity contribution in [3.05, 3.63) is 155 Å². The van der Waals surface area contributed by atoms with E-state index in [-0.39, 0.29) is 0 Å². The molecule has 6 aromatic carbocycles. The number of rotatable bonds is 6. The zero-order valence-corrected chi connectivity index (χ0v) is 22.9. The Morgan fingerprint density at radius 1 is 0.488 bits per heavy atom. The van der Waals surface area contributed by atoms with Gasteiger partial charge in [-0.2, -0.15) is 0 Å². The minimum atomic E-state index is -0.425. The van der Waals surface area contributed by atoms with E-state index in [2.05, 4.69) is 0 Å². The van der Waals surface area contributed by atoms with Crippen molar-refractivity contribution in [3.63, 3.8) is 0 Å². The molecule has 0 bridgehead atoms. The van der Waals surface area contributed by atoms with E-state index in [0.29, 0.717) is 29.0 Å². The molecule has 0 heterocycles. The highest BCUT2D eigenvalue weighted by molar-refractivity contribution is 5.96. The van der Waals surface area contributed by atoms with Crippen molar-refractivity contribution in [2.45, 2.75) is 20.3 Å². The van der Waals surface area contributed by atoms with Crippen LogP contribution in [-0.2, 0) is 6.42 Å². The van der Waals surface area contributed by atoms with Crippen LogP contribution in [0, 0.1) is 13.8 Å². The zero-order chi connectivity index (χ0) is 28.3. The summed E-state index contributed by atoms with van der Waals surface area (Å²) in [6.45, 7) is 3.95. The Morgan fingerprint density at radius 3 is 1.29 bits per heavy atom. The number of ether oxygens (including phenoxy) is 2. The van der Waals surface area contributed by atoms with E-state index in [1.54, 1.807) is 24.3 Å². The molecule has 0 N–H and O–H groups in total. The third kappa shape index (κ3) is 5.45. The summed E-state index contributed by atoms with van der Waals surface area (Å²) in [7, 11) is 0. The maximum absolute atomic E-state index is 13.2. The lowest BCUT2D eigenvalue weighted by molar-refractivity contribution is 0.0726. The molecule has 0 saturated heterocycles. The van der Waals surface area contributed by atoms with Crippen LogP contribution in [0.3, 0.4) is 0 Å². The van der Waals surface area contributed by atoms with Gasteiger partial charge in [-0.25, -0.2) is 9.59 Å². The maximum atomic E-state index is 13.2. The van der Waals surface area contributed by atoms with Gasteiger partial charge in [-0.15, -0.1) is 0 Å². The summed E-state index contributed by atoms with van der Waals surface area (Å²) in [4.78, 5) is 26.4. The second kappa shape index (κ2) is 11.1. The molecule has 4 nitrogen and oxygen atoms in total. The van der Waals surface area contributed by atoms with E-state index >= 15 is 0 Å². The van der Waals surface area contributed by atoms with E-state index in [9.17, 15) is 9.59 Å². The number of hydrogen-bond donors (Lipinski definition) is 0. The van der Waals surface area contributed by atoms with Gasteiger partial charge in [0.25, 0.3) is 0 Å². The summed E-state index contributed by atoms with van der Waals surface area (Å²) in [5.41, 5.74) is 4.77. The Balaban J connectivity index is 1.45. The first-order valence-corrected chi connectivity index (χ1v) is 13.6. The lowest BCUT2D eigenvalue weighted by Crippen LogP contribution is -2.12. The Labute approximate surface area is 238 Å². The maximum Gasteiger partial charge on any atom is 0.343 e. The van der Waals surface area contributed by atoms with Crippen LogP contribution in [-0.4, -0.2) is 11.9 Å². The molecular weight excluding hydrogens is 508 g/mol. The van der Waals surface area contributed by atoms with Crippen LogP contribution in [0.15, 0.2) is 121 Å². The Bertz CT molecular complexity index is 1760. The second-order valence-corrected chi connectivity index (χ2v) is 10.2. The van der Waals surface area contributed by atoms with Gasteiger partial charge in [-0.1, -0.05) is 96.1 Å². The molecule has 6 aromatic rings. The Hall–Kier alpha value is -5.22. The summed E-state index contributed by atoms with van der Waals surface area (Å²) in [6, 6.07) is 38.3. The number of hydrogen-bond acceptors (Lipinski definition) is 4. The quantitative estimate of drug-likeness (QED) is 0.158. The van der Waals surface area contributed by atoms with Gasteiger partial charge in [0.2, 0.25) is 0 Å². The van der Waals surface area contributed by atoms with Crippen molar-refractivity contribution in [2.24, 2.45) is 0 Å². The van der Waals surface area contributed by atoms with Crippen molar-refractivity contribution in [1.29, 1.82) is 0 Å². The minimum Gasteiger partial charge on any atom is -0.423 e. The van der Waals surface area contributed by atoms with Gasteiger partial charge >= 0.3 is 11.9 Å². The molecule has 41 heavy (non-hydrogen) atoms. The van der Waals surface area contributed by atoms with Gasteiger partial charge in [0, 0.05) is 17.5 Å². The third-order valence-corrected chi connectivity index (χ3v) is 7.33. The van der Waals surface area contributed by atoms with Crippen molar-refractivity contribution >= 4 is 33.5 Å². The molecule has 0 spiro atoms. The lowest BCUT2D eigenvalue weighted by Gasteiger charge is -2.17. The molecule has 0 aliphatic rings. The SMILES string of the molecule is Cc1ccc(C(=O)Oc2ccc3ccccc3c2Cc2c(OC(=O)c3ccc(C)cc3)ccc3ccccc23)cc1. The highest BCUT2D eigenvalue weighted by atomic mass is 16.5. The van der Waals surface area contributed by atoms with Crippen molar-refractivity contribution in [1.82, 2.24) is 0 Å². The Kier molecular flexibility index (Phi) is 7.05. The fourth-order valence-corrected chi connectivity index (χ4v) is 5.06. The smallest absolute Gasteiger partial charge is 0.343 e. The lowest BCUT2D eigenvalue weighted by atomic mass is 9.93. The van der Waals surface area contributed by atoms with E-state index in [1.165, 1.54) is 0 Å². The molecule has 0 fully saturated rings. The van der Waals surface area contributed by atoms with Crippen LogP contribution in [0.1, 0.15) is 43.0 Å². The van der Waals surface area contributed by atoms with Crippen LogP contribution >= 0.6 is 0 Å². The summed E-state index contributed by atoms with van der Waals surface area (Å²) >= 11 is 0. The third-order valence-electron chi connectivity index (χ3n) is 7.33. The van der Waals surface area contributed by atoms with Gasteiger partial charge in [-0.3, -0.25) is 0 Å². The van der Waals surface area contributed by atoms with Gasteiger partial charge < -0.3 is 9.47 Å². The fourth-order valence-electron chi connectivity index (χ4n) is 5.06. The standard InChI is InChI=1S/C37H28O4/c1-24-11-15-28(16-12-24)36(38)40-34-21-19-26-7-3-5-9-30(26)32(34)23-33-31-10-6-4-8-27(31)20-22-35(33)41-37(39)29-17-13-25(2)14-18-29/h3-22H,23H2,1-2H3. The molecular formula is C37H28O4. The minimum absolute atomic E-state index is 0.385. The van der Waals surface area contributed by atoms with E-state index in [4.69, 9.17) is 9.47 Å². The molecule has 0 aliphatic carbocycles. The van der Waals surface area contributed by atoms with Crippen molar-refractivity contribution < 1.29 is 19.1 Å². The van der Waals surface area contributed by atoms with Crippen LogP contribution in [0.25, 0.3) is 21.5 Å². The number of carbonyl (C=O) groups excluding carboxylic acids is 2. The largest absolute Gasteiger partial charge is 0.423 e. The monoisotopic (exact) mass is 536 g/mol. The van der Waals surface area contributed by atoms with E-state index in [0.717, 1.165) is 43.8 Å². The summed E-state index contributed by atoms with van der Waals surface area (Å²) in [5.74, 6) is 0.0898. The highest BCUT2D eigenvalue weighted by Crippen LogP contribution is 2.36. The van der Waals surface area contributed by atoms with Crippen LogP contribution in [0.5, 0.6) is 11.5 Å². The number of carbonyl (C=O) groups is 2. The Morgan fingerprint density at radius 2 is 0.878 bits per heavy atom. The molecule has 4 heteroatoms. The predicted molar refractivity (Wildman–Crippen MR) is 163 cm³/mol. The van der Waals surface area contributed by atoms with Crippen LogP contribution in [0.4, 0.5) is 0 Å². The molecule has 0 atom stereocenters. The molecule has 0 aliphatic heterocycles. The topological polar surface area (TPSA) is 52.6 Å². The predicted octanol–water partition coefficient (Wildman–Crippen LogP) is 8.64. The van der Waals surface area contributed by atoms with E-state index < -0.39 is 11.9 Å². The molecule has 0 unspecified atom stereocenters. The fraction of sp³-hybridized carbons (Fsp3) is 0.0811. The number of esters is 2. The molecule has 200 valence electrons. The summed E-state index contributed by atoms with van der Waals surface area (Å²) in [5, 5.41) is 3.98. The van der Waals surface area contributed by atoms with Crippen molar-refractivity contribution in [3.8, 4) is 11.5 Å². The zero-order valence-electron chi connectivity index (χ0n) is 22.9. The van der Waals surface area contributed by atoms with E-state index in [1.807, 2.05) is 111 Å². The second-order valence-electron chi connectivity index (χ2n) is 10.2. The number of benzene rings is 6. The number of fused-ring (bicyclic) bond motifs is 2. The van der Waals surface area contributed by atoms with Gasteiger partial charge in [0.05, 0.1) is 11.1 Å². The number of aryl methyl sites for hydroxylation is 2. The van der Waals surface area contributed by atoms with Crippen LogP contribution in [0.2, 0.25) is 0 Å². The highest BCUT2D eigenvalue weighted by Gasteiger charge is 2.20. The van der Waals surface area contributed by atoms with Gasteiger partial charge in [-0.05, 0) is 71.8 Å². The van der Waals surface area contributed by atoms with Gasteiger partial charge in [0.1, 0.15) is 11.5 Å². The average Bonchev–Trinajstić information content (AvgIpc) is 2.99. The first kappa shape index (κ1) is 26.0. The summed E-state index contributed by atoms with van der Waals surface area (Å²) in [6.07, 6.45) is 0.385. The van der Waals surface area contributed by atoms with Crippen molar-refractivity contribution in [2.75, 3.05) is 0 Å². The first-order chi connectivity index (χ1) is 20.0. The molecule has 6 rings (SSSR count). The molecule has 0 saturated carbocycles. The first-order valence-electron chi connectivity index (χ1n) is 13.6. The molecule has 0 amide bonds. The molecule has 0 aromatic heterocycles. The van der Waals surface area contributed by atoms with Gasteiger partial charge in [0.15, 0.2) is 0 Å².